The van der Waals surface area contributed by atoms with Crippen LogP contribution in [0.5, 0.6) is 5.75 Å². The van der Waals surface area contributed by atoms with E-state index in [1.165, 1.54) is 4.88 Å². The summed E-state index contributed by atoms with van der Waals surface area (Å²) in [7, 11) is 0. The SMILES string of the molecule is Oc1ccccc1SCc1sccc1Br. The van der Waals surface area contributed by atoms with Crippen molar-refractivity contribution in [3.63, 3.8) is 0 Å². The summed E-state index contributed by atoms with van der Waals surface area (Å²) >= 11 is 6.87. The van der Waals surface area contributed by atoms with Crippen LogP contribution in [0.2, 0.25) is 0 Å². The second kappa shape index (κ2) is 5.05. The van der Waals surface area contributed by atoms with Crippen molar-refractivity contribution in [3.8, 4) is 5.75 Å². The minimum Gasteiger partial charge on any atom is -0.507 e. The highest BCUT2D eigenvalue weighted by atomic mass is 79.9. The lowest BCUT2D eigenvalue weighted by atomic mass is 10.3. The molecule has 15 heavy (non-hydrogen) atoms. The lowest BCUT2D eigenvalue weighted by Gasteiger charge is -2.02. The number of hydrogen-bond acceptors (Lipinski definition) is 3. The number of phenolic OH excluding ortho intramolecular Hbond substituents is 1. The van der Waals surface area contributed by atoms with E-state index < -0.39 is 0 Å². The first-order valence-corrected chi connectivity index (χ1v) is 7.06. The first-order chi connectivity index (χ1) is 7.27. The highest BCUT2D eigenvalue weighted by molar-refractivity contribution is 9.10. The normalized spacial score (nSPS) is 10.5. The number of benzene rings is 1. The monoisotopic (exact) mass is 300 g/mol. The molecule has 1 nitrogen and oxygen atoms in total. The fraction of sp³-hybridized carbons (Fsp3) is 0.0909. The summed E-state index contributed by atoms with van der Waals surface area (Å²) in [6.45, 7) is 0. The van der Waals surface area contributed by atoms with Gasteiger partial charge in [0.15, 0.2) is 0 Å². The van der Waals surface area contributed by atoms with Gasteiger partial charge >= 0.3 is 0 Å². The molecule has 1 heterocycles. The lowest BCUT2D eigenvalue weighted by molar-refractivity contribution is 0.462. The van der Waals surface area contributed by atoms with Crippen LogP contribution in [0.4, 0.5) is 0 Å². The highest BCUT2D eigenvalue weighted by Gasteiger charge is 2.04. The van der Waals surface area contributed by atoms with Gasteiger partial charge in [0.05, 0.1) is 0 Å². The van der Waals surface area contributed by atoms with E-state index in [9.17, 15) is 5.11 Å². The van der Waals surface area contributed by atoms with Crippen LogP contribution in [0.25, 0.3) is 0 Å². The van der Waals surface area contributed by atoms with Gasteiger partial charge in [-0.3, -0.25) is 0 Å². The topological polar surface area (TPSA) is 20.2 Å². The number of hydrogen-bond donors (Lipinski definition) is 1. The van der Waals surface area contributed by atoms with Gasteiger partial charge in [-0.15, -0.1) is 23.1 Å². The Kier molecular flexibility index (Phi) is 3.72. The Balaban J connectivity index is 2.06. The van der Waals surface area contributed by atoms with E-state index in [0.29, 0.717) is 5.75 Å². The minimum atomic E-state index is 0.357. The third-order valence-electron chi connectivity index (χ3n) is 1.92. The molecule has 1 N–H and O–H groups in total. The number of thiophene rings is 1. The quantitative estimate of drug-likeness (QED) is 0.842. The van der Waals surface area contributed by atoms with Gasteiger partial charge in [-0.2, -0.15) is 0 Å². The van der Waals surface area contributed by atoms with E-state index in [4.69, 9.17) is 0 Å². The molecule has 0 aliphatic rings. The highest BCUT2D eigenvalue weighted by Crippen LogP contribution is 2.34. The average Bonchev–Trinajstić information content (AvgIpc) is 2.63. The van der Waals surface area contributed by atoms with E-state index in [1.807, 2.05) is 24.3 Å². The van der Waals surface area contributed by atoms with Crippen molar-refractivity contribution in [1.82, 2.24) is 0 Å². The molecule has 0 saturated heterocycles. The second-order valence-electron chi connectivity index (χ2n) is 2.95. The predicted octanol–water partition coefficient (Wildman–Crippen LogP) is 4.51. The van der Waals surface area contributed by atoms with E-state index in [-0.39, 0.29) is 0 Å². The Bertz CT molecular complexity index is 453. The maximum absolute atomic E-state index is 9.58. The molecule has 1 aromatic heterocycles. The molecule has 4 heteroatoms. The number of para-hydroxylation sites is 1. The van der Waals surface area contributed by atoms with Crippen LogP contribution in [0.15, 0.2) is 45.1 Å². The van der Waals surface area contributed by atoms with Crippen LogP contribution < -0.4 is 0 Å². The van der Waals surface area contributed by atoms with Crippen LogP contribution in [0, 0.1) is 0 Å². The van der Waals surface area contributed by atoms with E-state index in [2.05, 4.69) is 21.3 Å². The molecule has 0 aliphatic carbocycles. The molecule has 1 aromatic carbocycles. The van der Waals surface area contributed by atoms with E-state index in [0.717, 1.165) is 15.1 Å². The van der Waals surface area contributed by atoms with Gasteiger partial charge in [0, 0.05) is 20.0 Å². The molecule has 0 bridgehead atoms. The maximum atomic E-state index is 9.58. The molecule has 0 radical (unpaired) electrons. The molecular weight excluding hydrogens is 292 g/mol. The molecule has 0 saturated carbocycles. The van der Waals surface area contributed by atoms with Crippen molar-refractivity contribution in [2.45, 2.75) is 10.6 Å². The van der Waals surface area contributed by atoms with Crippen molar-refractivity contribution in [2.75, 3.05) is 0 Å². The van der Waals surface area contributed by atoms with Crippen LogP contribution in [-0.2, 0) is 5.75 Å². The van der Waals surface area contributed by atoms with Crippen molar-refractivity contribution in [2.24, 2.45) is 0 Å². The molecule has 0 atom stereocenters. The van der Waals surface area contributed by atoms with Gasteiger partial charge in [-0.05, 0) is 39.5 Å². The van der Waals surface area contributed by atoms with Crippen molar-refractivity contribution in [3.05, 3.63) is 45.1 Å². The van der Waals surface area contributed by atoms with E-state index in [1.54, 1.807) is 29.2 Å². The third-order valence-corrected chi connectivity index (χ3v) is 5.11. The molecule has 0 spiro atoms. The number of phenols is 1. The summed E-state index contributed by atoms with van der Waals surface area (Å²) in [6.07, 6.45) is 0. The minimum absolute atomic E-state index is 0.357. The summed E-state index contributed by atoms with van der Waals surface area (Å²) < 4.78 is 1.15. The van der Waals surface area contributed by atoms with E-state index >= 15 is 0 Å². The van der Waals surface area contributed by atoms with Gasteiger partial charge in [0.25, 0.3) is 0 Å². The zero-order chi connectivity index (χ0) is 10.7. The first kappa shape index (κ1) is 11.0. The number of thioether (sulfide) groups is 1. The summed E-state index contributed by atoms with van der Waals surface area (Å²) in [6, 6.07) is 9.46. The van der Waals surface area contributed by atoms with Crippen molar-refractivity contribution in [1.29, 1.82) is 0 Å². The zero-order valence-electron chi connectivity index (χ0n) is 7.81. The number of aromatic hydroxyl groups is 1. The summed E-state index contributed by atoms with van der Waals surface area (Å²) in [4.78, 5) is 2.22. The molecule has 0 fully saturated rings. The number of halogens is 1. The van der Waals surface area contributed by atoms with Crippen LogP contribution in [-0.4, -0.2) is 5.11 Å². The van der Waals surface area contributed by atoms with Gasteiger partial charge in [-0.1, -0.05) is 12.1 Å². The Labute approximate surface area is 105 Å². The standard InChI is InChI=1S/C11H9BrOS2/c12-8-5-6-14-11(8)7-15-10-4-2-1-3-9(10)13/h1-6,13H,7H2. The third kappa shape index (κ3) is 2.77. The summed E-state index contributed by atoms with van der Waals surface area (Å²) in [5, 5.41) is 11.6. The van der Waals surface area contributed by atoms with Crippen LogP contribution in [0.1, 0.15) is 4.88 Å². The Morgan fingerprint density at radius 1 is 1.27 bits per heavy atom. The predicted molar refractivity (Wildman–Crippen MR) is 69.7 cm³/mol. The fourth-order valence-corrected chi connectivity index (χ4v) is 3.89. The molecule has 0 amide bonds. The largest absolute Gasteiger partial charge is 0.507 e. The smallest absolute Gasteiger partial charge is 0.129 e. The lowest BCUT2D eigenvalue weighted by Crippen LogP contribution is -1.77. The molecule has 2 rings (SSSR count). The zero-order valence-corrected chi connectivity index (χ0v) is 11.0. The molecule has 0 unspecified atom stereocenters. The Morgan fingerprint density at radius 2 is 2.07 bits per heavy atom. The second-order valence-corrected chi connectivity index (χ2v) is 5.82. The first-order valence-electron chi connectivity index (χ1n) is 4.40. The maximum Gasteiger partial charge on any atom is 0.129 e. The summed E-state index contributed by atoms with van der Waals surface area (Å²) in [5.41, 5.74) is 0. The molecule has 0 aliphatic heterocycles. The van der Waals surface area contributed by atoms with Gasteiger partial charge in [0.2, 0.25) is 0 Å². The Hall–Kier alpha value is -0.450. The molecule has 2 aromatic rings. The van der Waals surface area contributed by atoms with Crippen LogP contribution in [0.3, 0.4) is 0 Å². The van der Waals surface area contributed by atoms with Gasteiger partial charge in [-0.25, -0.2) is 0 Å². The number of rotatable bonds is 3. The van der Waals surface area contributed by atoms with Crippen LogP contribution >= 0.6 is 39.0 Å². The van der Waals surface area contributed by atoms with Crippen molar-refractivity contribution >= 4 is 39.0 Å². The van der Waals surface area contributed by atoms with Gasteiger partial charge < -0.3 is 5.11 Å². The average molecular weight is 301 g/mol. The van der Waals surface area contributed by atoms with Crippen molar-refractivity contribution < 1.29 is 5.11 Å². The summed E-state index contributed by atoms with van der Waals surface area (Å²) in [5.74, 6) is 1.24. The Morgan fingerprint density at radius 3 is 2.73 bits per heavy atom. The fourth-order valence-electron chi connectivity index (χ4n) is 1.15. The van der Waals surface area contributed by atoms with Gasteiger partial charge in [0.1, 0.15) is 5.75 Å². The molecule has 78 valence electrons. The molecular formula is C11H9BrOS2.